The van der Waals surface area contributed by atoms with Gasteiger partial charge in [0.1, 0.15) is 5.69 Å². The van der Waals surface area contributed by atoms with Crippen LogP contribution in [0.25, 0.3) is 11.3 Å². The minimum atomic E-state index is 0.0487. The van der Waals surface area contributed by atoms with E-state index in [9.17, 15) is 4.79 Å². The van der Waals surface area contributed by atoms with Gasteiger partial charge in [0, 0.05) is 56.9 Å². The van der Waals surface area contributed by atoms with Gasteiger partial charge in [0.25, 0.3) is 5.91 Å². The predicted octanol–water partition coefficient (Wildman–Crippen LogP) is 1.26. The fourth-order valence-corrected chi connectivity index (χ4v) is 2.96. The third kappa shape index (κ3) is 2.74. The van der Waals surface area contributed by atoms with E-state index in [-0.39, 0.29) is 11.9 Å². The van der Waals surface area contributed by atoms with Gasteiger partial charge in [-0.3, -0.25) is 14.5 Å². The summed E-state index contributed by atoms with van der Waals surface area (Å²) in [5.74, 6) is 0.0487. The summed E-state index contributed by atoms with van der Waals surface area (Å²) in [5.41, 5.74) is 2.21. The van der Waals surface area contributed by atoms with Crippen LogP contribution in [-0.4, -0.2) is 63.2 Å². The van der Waals surface area contributed by atoms with Gasteiger partial charge in [0.2, 0.25) is 0 Å². The van der Waals surface area contributed by atoms with E-state index in [0.29, 0.717) is 11.3 Å². The van der Waals surface area contributed by atoms with Crippen LogP contribution in [0.2, 0.25) is 0 Å². The third-order valence-corrected chi connectivity index (χ3v) is 4.09. The molecule has 3 heterocycles. The number of carbonyl (C=O) groups is 1. The van der Waals surface area contributed by atoms with Crippen molar-refractivity contribution in [3.8, 4) is 11.3 Å². The molecular formula is C16H21N5O. The molecule has 1 unspecified atom stereocenters. The van der Waals surface area contributed by atoms with Crippen molar-refractivity contribution >= 4 is 5.91 Å². The molecule has 0 spiro atoms. The Kier molecular flexibility index (Phi) is 3.94. The maximum Gasteiger partial charge on any atom is 0.258 e. The first-order chi connectivity index (χ1) is 10.6. The average Bonchev–Trinajstić information content (AvgIpc) is 2.89. The molecule has 6 nitrogen and oxygen atoms in total. The van der Waals surface area contributed by atoms with Crippen LogP contribution in [0.4, 0.5) is 0 Å². The lowest BCUT2D eigenvalue weighted by atomic mass is 10.1. The maximum absolute atomic E-state index is 13.0. The monoisotopic (exact) mass is 299 g/mol. The Morgan fingerprint density at radius 2 is 2.14 bits per heavy atom. The minimum Gasteiger partial charge on any atom is -0.333 e. The highest BCUT2D eigenvalue weighted by molar-refractivity contribution is 6.00. The van der Waals surface area contributed by atoms with Crippen LogP contribution in [0.3, 0.4) is 0 Å². The number of aryl methyl sites for hydroxylation is 1. The van der Waals surface area contributed by atoms with Crippen molar-refractivity contribution in [1.82, 2.24) is 24.6 Å². The number of piperazine rings is 1. The third-order valence-electron chi connectivity index (χ3n) is 4.09. The fourth-order valence-electron chi connectivity index (χ4n) is 2.96. The van der Waals surface area contributed by atoms with Crippen LogP contribution in [0.1, 0.15) is 17.3 Å². The largest absolute Gasteiger partial charge is 0.333 e. The highest BCUT2D eigenvalue weighted by atomic mass is 16.2. The smallest absolute Gasteiger partial charge is 0.258 e. The second-order valence-corrected chi connectivity index (χ2v) is 5.92. The van der Waals surface area contributed by atoms with Crippen LogP contribution in [0.15, 0.2) is 30.7 Å². The van der Waals surface area contributed by atoms with E-state index in [0.717, 1.165) is 25.2 Å². The quantitative estimate of drug-likeness (QED) is 0.838. The second kappa shape index (κ2) is 5.88. The van der Waals surface area contributed by atoms with Crippen molar-refractivity contribution < 1.29 is 4.79 Å². The Labute approximate surface area is 130 Å². The van der Waals surface area contributed by atoms with Gasteiger partial charge in [-0.2, -0.15) is 5.10 Å². The Morgan fingerprint density at radius 1 is 1.32 bits per heavy atom. The van der Waals surface area contributed by atoms with E-state index in [1.54, 1.807) is 23.3 Å². The Bertz CT molecular complexity index is 666. The molecule has 0 radical (unpaired) electrons. The van der Waals surface area contributed by atoms with E-state index < -0.39 is 0 Å². The highest BCUT2D eigenvalue weighted by Crippen LogP contribution is 2.23. The topological polar surface area (TPSA) is 54.3 Å². The summed E-state index contributed by atoms with van der Waals surface area (Å²) < 4.78 is 1.69. The molecule has 22 heavy (non-hydrogen) atoms. The number of likely N-dealkylation sites (N-methyl/N-ethyl adjacent to an activating group) is 1. The van der Waals surface area contributed by atoms with Gasteiger partial charge >= 0.3 is 0 Å². The van der Waals surface area contributed by atoms with Crippen LogP contribution in [-0.2, 0) is 7.05 Å². The number of hydrogen-bond acceptors (Lipinski definition) is 4. The normalized spacial score (nSPS) is 19.4. The molecule has 0 aromatic carbocycles. The number of nitrogens with zero attached hydrogens (tertiary/aromatic N) is 5. The number of amides is 1. The van der Waals surface area contributed by atoms with Crippen molar-refractivity contribution in [3.63, 3.8) is 0 Å². The Hall–Kier alpha value is -2.21. The van der Waals surface area contributed by atoms with Crippen molar-refractivity contribution in [3.05, 3.63) is 36.3 Å². The predicted molar refractivity (Wildman–Crippen MR) is 84.4 cm³/mol. The molecule has 6 heteroatoms. The van der Waals surface area contributed by atoms with Crippen LogP contribution in [0, 0.1) is 0 Å². The number of pyridine rings is 1. The minimum absolute atomic E-state index is 0.0487. The summed E-state index contributed by atoms with van der Waals surface area (Å²) >= 11 is 0. The summed E-state index contributed by atoms with van der Waals surface area (Å²) in [4.78, 5) is 21.3. The first kappa shape index (κ1) is 14.7. The molecule has 1 aliphatic heterocycles. The molecule has 116 valence electrons. The van der Waals surface area contributed by atoms with Crippen LogP contribution in [0.5, 0.6) is 0 Å². The molecule has 0 saturated carbocycles. The van der Waals surface area contributed by atoms with Gasteiger partial charge in [0.15, 0.2) is 0 Å². The molecule has 0 bridgehead atoms. The lowest BCUT2D eigenvalue weighted by Crippen LogP contribution is -2.52. The SMILES string of the molecule is CC1CN(C)CCN1C(=O)c1cn(C)nc1-c1cccnc1. The lowest BCUT2D eigenvalue weighted by molar-refractivity contribution is 0.0534. The molecule has 0 N–H and O–H groups in total. The first-order valence-corrected chi connectivity index (χ1v) is 7.50. The van der Waals surface area contributed by atoms with Gasteiger partial charge in [-0.25, -0.2) is 0 Å². The van der Waals surface area contributed by atoms with E-state index in [4.69, 9.17) is 0 Å². The van der Waals surface area contributed by atoms with Crippen molar-refractivity contribution in [2.24, 2.45) is 7.05 Å². The molecule has 1 amide bonds. The molecule has 2 aromatic rings. The summed E-state index contributed by atoms with van der Waals surface area (Å²) in [6, 6.07) is 3.99. The molecule has 1 saturated heterocycles. The van der Waals surface area contributed by atoms with E-state index >= 15 is 0 Å². The zero-order valence-electron chi connectivity index (χ0n) is 13.2. The summed E-state index contributed by atoms with van der Waals surface area (Å²) in [6.45, 7) is 4.64. The van der Waals surface area contributed by atoms with Gasteiger partial charge in [-0.1, -0.05) is 0 Å². The average molecular weight is 299 g/mol. The maximum atomic E-state index is 13.0. The molecule has 1 aliphatic rings. The molecule has 2 aromatic heterocycles. The molecule has 1 atom stereocenters. The van der Waals surface area contributed by atoms with E-state index in [2.05, 4.69) is 29.0 Å². The fraction of sp³-hybridized carbons (Fsp3) is 0.438. The van der Waals surface area contributed by atoms with Gasteiger partial charge < -0.3 is 9.80 Å². The number of hydrogen-bond donors (Lipinski definition) is 0. The van der Waals surface area contributed by atoms with Crippen molar-refractivity contribution in [2.75, 3.05) is 26.7 Å². The summed E-state index contributed by atoms with van der Waals surface area (Å²) in [7, 11) is 3.92. The second-order valence-electron chi connectivity index (χ2n) is 5.92. The summed E-state index contributed by atoms with van der Waals surface area (Å²) in [5, 5.41) is 4.46. The standard InChI is InChI=1S/C16H21N5O/c1-12-10-19(2)7-8-21(12)16(22)14-11-20(3)18-15(14)13-5-4-6-17-9-13/h4-6,9,11-12H,7-8,10H2,1-3H3. The zero-order chi connectivity index (χ0) is 15.7. The zero-order valence-corrected chi connectivity index (χ0v) is 13.2. The van der Waals surface area contributed by atoms with Crippen LogP contribution >= 0.6 is 0 Å². The summed E-state index contributed by atoms with van der Waals surface area (Å²) in [6.07, 6.45) is 5.26. The number of aromatic nitrogens is 3. The number of carbonyl (C=O) groups excluding carboxylic acids is 1. The van der Waals surface area contributed by atoms with E-state index in [1.807, 2.05) is 24.1 Å². The molecule has 1 fully saturated rings. The van der Waals surface area contributed by atoms with E-state index in [1.165, 1.54) is 0 Å². The van der Waals surface area contributed by atoms with Crippen molar-refractivity contribution in [1.29, 1.82) is 0 Å². The lowest BCUT2D eigenvalue weighted by Gasteiger charge is -2.38. The number of rotatable bonds is 2. The molecular weight excluding hydrogens is 278 g/mol. The highest BCUT2D eigenvalue weighted by Gasteiger charge is 2.29. The van der Waals surface area contributed by atoms with Gasteiger partial charge in [-0.15, -0.1) is 0 Å². The van der Waals surface area contributed by atoms with Gasteiger partial charge in [0.05, 0.1) is 5.56 Å². The molecule has 3 rings (SSSR count). The van der Waals surface area contributed by atoms with Crippen molar-refractivity contribution in [2.45, 2.75) is 13.0 Å². The van der Waals surface area contributed by atoms with Gasteiger partial charge in [-0.05, 0) is 26.1 Å². The Morgan fingerprint density at radius 3 is 2.82 bits per heavy atom. The first-order valence-electron chi connectivity index (χ1n) is 7.50. The van der Waals surface area contributed by atoms with Crippen LogP contribution < -0.4 is 0 Å². The Balaban J connectivity index is 1.93. The molecule has 0 aliphatic carbocycles.